The Kier molecular flexibility index (Phi) is 4.67. The number of nitrogens with zero attached hydrogens (tertiary/aromatic N) is 2. The summed E-state index contributed by atoms with van der Waals surface area (Å²) in [4.78, 5) is 10.8. The van der Waals surface area contributed by atoms with Crippen LogP contribution in [0.25, 0.3) is 11.8 Å². The van der Waals surface area contributed by atoms with E-state index in [1.807, 2.05) is 12.1 Å². The maximum Gasteiger partial charge on any atom is 0.277 e. The van der Waals surface area contributed by atoms with Gasteiger partial charge in [0.2, 0.25) is 0 Å². The molecule has 2 rings (SSSR count). The van der Waals surface area contributed by atoms with Crippen LogP contribution in [0.4, 0.5) is 0 Å². The van der Waals surface area contributed by atoms with Gasteiger partial charge in [0.05, 0.1) is 10.5 Å². The van der Waals surface area contributed by atoms with E-state index in [0.29, 0.717) is 16.9 Å². The van der Waals surface area contributed by atoms with Gasteiger partial charge in [0.15, 0.2) is 6.61 Å². The number of nitro groups is 1. The van der Waals surface area contributed by atoms with Gasteiger partial charge < -0.3 is 4.74 Å². The lowest BCUT2D eigenvalue weighted by molar-refractivity contribution is -0.374. The summed E-state index contributed by atoms with van der Waals surface area (Å²) in [5, 5.41) is 19.6. The molecule has 0 fully saturated rings. The first-order valence-corrected chi connectivity index (χ1v) is 6.22. The summed E-state index contributed by atoms with van der Waals surface area (Å²) in [6.07, 6.45) is 1.50. The maximum absolute atomic E-state index is 11.2. The van der Waals surface area contributed by atoms with Crippen molar-refractivity contribution in [2.75, 3.05) is 6.61 Å². The number of rotatable bonds is 5. The molecule has 0 N–H and O–H groups in total. The monoisotopic (exact) mass is 280 g/mol. The highest BCUT2D eigenvalue weighted by atomic mass is 16.6. The van der Waals surface area contributed by atoms with Crippen molar-refractivity contribution in [3.63, 3.8) is 0 Å². The fourth-order valence-electron chi connectivity index (χ4n) is 1.78. The van der Waals surface area contributed by atoms with Gasteiger partial charge in [0.1, 0.15) is 11.8 Å². The number of benzene rings is 2. The van der Waals surface area contributed by atoms with Crippen LogP contribution in [0.15, 0.2) is 54.6 Å². The average molecular weight is 280 g/mol. The van der Waals surface area contributed by atoms with Crippen LogP contribution in [0.5, 0.6) is 5.75 Å². The standard InChI is InChI=1S/C16H12N2O3/c17-10-11-21-15-8-6-13(7-9-15)12-16(18(19)20)14-4-2-1-3-5-14/h1-9,12H,11H2. The van der Waals surface area contributed by atoms with Crippen LogP contribution >= 0.6 is 0 Å². The number of hydrogen-bond donors (Lipinski definition) is 0. The molecule has 0 saturated carbocycles. The van der Waals surface area contributed by atoms with Crippen LogP contribution in [-0.2, 0) is 0 Å². The minimum absolute atomic E-state index is 0.0284. The lowest BCUT2D eigenvalue weighted by Gasteiger charge is -2.02. The molecule has 0 amide bonds. The van der Waals surface area contributed by atoms with Crippen molar-refractivity contribution in [3.8, 4) is 11.8 Å². The van der Waals surface area contributed by atoms with Gasteiger partial charge in [0.25, 0.3) is 5.70 Å². The summed E-state index contributed by atoms with van der Waals surface area (Å²) >= 11 is 0. The van der Waals surface area contributed by atoms with E-state index in [2.05, 4.69) is 0 Å². The first-order chi connectivity index (χ1) is 10.2. The van der Waals surface area contributed by atoms with Gasteiger partial charge in [-0.15, -0.1) is 0 Å². The van der Waals surface area contributed by atoms with Crippen molar-refractivity contribution < 1.29 is 9.66 Å². The molecule has 2 aromatic carbocycles. The van der Waals surface area contributed by atoms with Crippen molar-refractivity contribution in [2.45, 2.75) is 0 Å². The molecule has 21 heavy (non-hydrogen) atoms. The summed E-state index contributed by atoms with van der Waals surface area (Å²) < 4.78 is 5.13. The van der Waals surface area contributed by atoms with Gasteiger partial charge in [-0.1, -0.05) is 30.3 Å². The Balaban J connectivity index is 2.27. The predicted molar refractivity (Wildman–Crippen MR) is 78.9 cm³/mol. The second-order valence-corrected chi connectivity index (χ2v) is 4.17. The molecule has 2 aromatic rings. The summed E-state index contributed by atoms with van der Waals surface area (Å²) in [6, 6.07) is 17.3. The molecule has 104 valence electrons. The van der Waals surface area contributed by atoms with Crippen LogP contribution < -0.4 is 4.74 Å². The molecular formula is C16H12N2O3. The van der Waals surface area contributed by atoms with Gasteiger partial charge in [-0.25, -0.2) is 0 Å². The number of nitriles is 1. The molecular weight excluding hydrogens is 268 g/mol. The molecule has 0 aliphatic rings. The Morgan fingerprint density at radius 3 is 2.43 bits per heavy atom. The first-order valence-electron chi connectivity index (χ1n) is 6.22. The summed E-state index contributed by atoms with van der Waals surface area (Å²) in [5.41, 5.74) is 1.27. The molecule has 0 aliphatic heterocycles. The zero-order valence-corrected chi connectivity index (χ0v) is 11.1. The van der Waals surface area contributed by atoms with Crippen molar-refractivity contribution in [1.82, 2.24) is 0 Å². The Bertz CT molecular complexity index is 686. The fraction of sp³-hybridized carbons (Fsp3) is 0.0625. The zero-order valence-electron chi connectivity index (χ0n) is 11.1. The highest BCUT2D eigenvalue weighted by molar-refractivity contribution is 5.76. The van der Waals surface area contributed by atoms with Crippen LogP contribution in [0, 0.1) is 21.4 Å². The third-order valence-corrected chi connectivity index (χ3v) is 2.75. The third-order valence-electron chi connectivity index (χ3n) is 2.75. The van der Waals surface area contributed by atoms with Crippen LogP contribution in [0.1, 0.15) is 11.1 Å². The minimum Gasteiger partial charge on any atom is -0.479 e. The Morgan fingerprint density at radius 2 is 1.86 bits per heavy atom. The SMILES string of the molecule is N#CCOc1ccc(C=C(c2ccccc2)[N+](=O)[O-])cc1. The highest BCUT2D eigenvalue weighted by Gasteiger charge is 2.13. The lowest BCUT2D eigenvalue weighted by atomic mass is 10.1. The molecule has 0 heterocycles. The van der Waals surface area contributed by atoms with Crippen molar-refractivity contribution in [2.24, 2.45) is 0 Å². The second kappa shape index (κ2) is 6.87. The van der Waals surface area contributed by atoms with Crippen molar-refractivity contribution >= 4 is 11.8 Å². The highest BCUT2D eigenvalue weighted by Crippen LogP contribution is 2.20. The molecule has 0 bridgehead atoms. The van der Waals surface area contributed by atoms with Gasteiger partial charge in [-0.2, -0.15) is 5.26 Å². The van der Waals surface area contributed by atoms with E-state index in [4.69, 9.17) is 10.00 Å². The van der Waals surface area contributed by atoms with Crippen LogP contribution in [0.3, 0.4) is 0 Å². The molecule has 0 aromatic heterocycles. The van der Waals surface area contributed by atoms with Gasteiger partial charge in [-0.05, 0) is 29.8 Å². The second-order valence-electron chi connectivity index (χ2n) is 4.17. The van der Waals surface area contributed by atoms with E-state index < -0.39 is 4.92 Å². The summed E-state index contributed by atoms with van der Waals surface area (Å²) in [6.45, 7) is -0.0284. The predicted octanol–water partition coefficient (Wildman–Crippen LogP) is 3.36. The average Bonchev–Trinajstić information content (AvgIpc) is 2.52. The normalized spacial score (nSPS) is 10.7. The van der Waals surface area contributed by atoms with Gasteiger partial charge >= 0.3 is 0 Å². The smallest absolute Gasteiger partial charge is 0.277 e. The maximum atomic E-state index is 11.2. The Labute approximate surface area is 121 Å². The molecule has 5 heteroatoms. The van der Waals surface area contributed by atoms with E-state index in [-0.39, 0.29) is 12.3 Å². The van der Waals surface area contributed by atoms with E-state index in [0.717, 1.165) is 0 Å². The van der Waals surface area contributed by atoms with Gasteiger partial charge in [-0.3, -0.25) is 10.1 Å². The zero-order chi connectivity index (χ0) is 15.1. The first kappa shape index (κ1) is 14.3. The van der Waals surface area contributed by atoms with E-state index >= 15 is 0 Å². The van der Waals surface area contributed by atoms with Crippen LogP contribution in [-0.4, -0.2) is 11.5 Å². The largest absolute Gasteiger partial charge is 0.479 e. The molecule has 0 saturated heterocycles. The minimum atomic E-state index is -0.407. The van der Waals surface area contributed by atoms with Crippen molar-refractivity contribution in [3.05, 3.63) is 75.8 Å². The molecule has 0 atom stereocenters. The molecule has 0 radical (unpaired) electrons. The van der Waals surface area contributed by atoms with Gasteiger partial charge in [0, 0.05) is 6.08 Å². The summed E-state index contributed by atoms with van der Waals surface area (Å²) in [7, 11) is 0. The molecule has 0 aliphatic carbocycles. The van der Waals surface area contributed by atoms with Crippen molar-refractivity contribution in [1.29, 1.82) is 5.26 Å². The Morgan fingerprint density at radius 1 is 1.19 bits per heavy atom. The Hall–Kier alpha value is -3.13. The number of ether oxygens (including phenoxy) is 1. The fourth-order valence-corrected chi connectivity index (χ4v) is 1.78. The topological polar surface area (TPSA) is 76.2 Å². The third kappa shape index (κ3) is 3.91. The quantitative estimate of drug-likeness (QED) is 0.478. The van der Waals surface area contributed by atoms with Crippen LogP contribution in [0.2, 0.25) is 0 Å². The molecule has 5 nitrogen and oxygen atoms in total. The molecule has 0 unspecified atom stereocenters. The van der Waals surface area contributed by atoms with E-state index in [1.165, 1.54) is 6.08 Å². The molecule has 0 spiro atoms. The number of hydrogen-bond acceptors (Lipinski definition) is 4. The van der Waals surface area contributed by atoms with E-state index in [9.17, 15) is 10.1 Å². The van der Waals surface area contributed by atoms with E-state index in [1.54, 1.807) is 48.5 Å². The summed E-state index contributed by atoms with van der Waals surface area (Å²) in [5.74, 6) is 0.552. The lowest BCUT2D eigenvalue weighted by Crippen LogP contribution is -1.97.